The number of fused-ring (bicyclic) bond motifs is 7. The maximum atomic E-state index is 14.2. The first-order chi connectivity index (χ1) is 14.9. The summed E-state index contributed by atoms with van der Waals surface area (Å²) in [5.41, 5.74) is 1.74. The molecule has 162 valence electrons. The highest BCUT2D eigenvalue weighted by Gasteiger charge is 2.84. The van der Waals surface area contributed by atoms with Crippen LogP contribution in [0.1, 0.15) is 28.4 Å². The molecule has 1 unspecified atom stereocenters. The molecule has 7 nitrogen and oxygen atoms in total. The number of esters is 1. The van der Waals surface area contributed by atoms with Gasteiger partial charge in [0.15, 0.2) is 5.78 Å². The molecule has 3 aliphatic rings. The standard InChI is InChI=1S/C23H22O7S/c1-4-28-20-17-19-18(24)15-7-5-6-8-16(15)23(27-3,30-19)22(17,21(25)29-20)31(26)14-11-9-13(2)10-12-14/h5-12,17,19-20H,4H2,1-3H3/t17-,19+,20+,22+,23+,31?/m0/s1. The van der Waals surface area contributed by atoms with Crippen LogP contribution in [0.2, 0.25) is 0 Å². The van der Waals surface area contributed by atoms with Gasteiger partial charge in [-0.25, -0.2) is 0 Å². The second-order valence-electron chi connectivity index (χ2n) is 7.84. The summed E-state index contributed by atoms with van der Waals surface area (Å²) >= 11 is 0. The first-order valence-electron chi connectivity index (χ1n) is 10.1. The van der Waals surface area contributed by atoms with Gasteiger partial charge >= 0.3 is 5.97 Å². The summed E-state index contributed by atoms with van der Waals surface area (Å²) in [6.07, 6.45) is -2.17. The van der Waals surface area contributed by atoms with E-state index in [0.717, 1.165) is 5.56 Å². The van der Waals surface area contributed by atoms with Crippen molar-refractivity contribution in [2.24, 2.45) is 5.92 Å². The van der Waals surface area contributed by atoms with Gasteiger partial charge in [0.05, 0.1) is 16.7 Å². The summed E-state index contributed by atoms with van der Waals surface area (Å²) in [4.78, 5) is 27.4. The number of hydrogen-bond acceptors (Lipinski definition) is 7. The number of carbonyl (C=O) groups is 2. The topological polar surface area (TPSA) is 88.1 Å². The highest BCUT2D eigenvalue weighted by Crippen LogP contribution is 2.63. The van der Waals surface area contributed by atoms with Crippen LogP contribution in [0.3, 0.4) is 0 Å². The van der Waals surface area contributed by atoms with Gasteiger partial charge in [-0.2, -0.15) is 0 Å². The molecule has 2 saturated heterocycles. The first kappa shape index (κ1) is 20.5. The zero-order valence-corrected chi connectivity index (χ0v) is 18.1. The van der Waals surface area contributed by atoms with Gasteiger partial charge in [-0.15, -0.1) is 0 Å². The molecule has 31 heavy (non-hydrogen) atoms. The van der Waals surface area contributed by atoms with E-state index in [1.54, 1.807) is 43.3 Å². The molecule has 6 atom stereocenters. The van der Waals surface area contributed by atoms with Gasteiger partial charge < -0.3 is 18.9 Å². The molecule has 3 heterocycles. The van der Waals surface area contributed by atoms with Crippen molar-refractivity contribution >= 4 is 22.6 Å². The molecule has 3 aliphatic heterocycles. The Hall–Kier alpha value is -2.39. The third-order valence-electron chi connectivity index (χ3n) is 6.35. The lowest BCUT2D eigenvalue weighted by Gasteiger charge is -2.40. The predicted octanol–water partition coefficient (Wildman–Crippen LogP) is 2.47. The fraction of sp³-hybridized carbons (Fsp3) is 0.391. The molecule has 5 rings (SSSR count). The molecule has 0 aromatic heterocycles. The molecule has 2 aromatic rings. The molecule has 2 fully saturated rings. The van der Waals surface area contributed by atoms with Crippen LogP contribution in [0.25, 0.3) is 0 Å². The molecular formula is C23H22O7S. The molecule has 0 amide bonds. The van der Waals surface area contributed by atoms with Crippen LogP contribution >= 0.6 is 0 Å². The molecule has 8 heteroatoms. The monoisotopic (exact) mass is 442 g/mol. The van der Waals surface area contributed by atoms with E-state index in [2.05, 4.69) is 0 Å². The van der Waals surface area contributed by atoms with Gasteiger partial charge in [-0.05, 0) is 26.0 Å². The number of carbonyl (C=O) groups excluding carboxylic acids is 2. The van der Waals surface area contributed by atoms with E-state index >= 15 is 0 Å². The summed E-state index contributed by atoms with van der Waals surface area (Å²) in [5.74, 6) is -3.77. The SMILES string of the molecule is CCO[C@@H]1OC(=O)[C@]2(S(=O)c3ccc(C)cc3)[C@H]1[C@H]1O[C@]2(OC)c2ccccc2C1=O. The minimum Gasteiger partial charge on any atom is -0.434 e. The van der Waals surface area contributed by atoms with Crippen molar-refractivity contribution in [2.75, 3.05) is 13.7 Å². The number of Topliss-reactive ketones (excluding diaryl/α,β-unsaturated/α-hetero) is 1. The molecule has 0 N–H and O–H groups in total. The van der Waals surface area contributed by atoms with E-state index in [1.807, 2.05) is 19.1 Å². The highest BCUT2D eigenvalue weighted by molar-refractivity contribution is 7.87. The quantitative estimate of drug-likeness (QED) is 0.658. The van der Waals surface area contributed by atoms with Crippen molar-refractivity contribution in [3.05, 3.63) is 65.2 Å². The summed E-state index contributed by atoms with van der Waals surface area (Å²) in [6.45, 7) is 3.92. The fourth-order valence-electron chi connectivity index (χ4n) is 5.04. The highest BCUT2D eigenvalue weighted by atomic mass is 32.2. The maximum absolute atomic E-state index is 14.2. The number of methoxy groups -OCH3 is 1. The van der Waals surface area contributed by atoms with Crippen LogP contribution in [0.4, 0.5) is 0 Å². The summed E-state index contributed by atoms with van der Waals surface area (Å²) < 4.78 is 35.8. The third-order valence-corrected chi connectivity index (χ3v) is 8.34. The Kier molecular flexibility index (Phi) is 4.67. The number of ether oxygens (including phenoxy) is 4. The second-order valence-corrected chi connectivity index (χ2v) is 9.49. The van der Waals surface area contributed by atoms with Gasteiger partial charge in [0.2, 0.25) is 16.8 Å². The van der Waals surface area contributed by atoms with Gasteiger partial charge in [0.1, 0.15) is 6.10 Å². The van der Waals surface area contributed by atoms with E-state index in [0.29, 0.717) is 16.0 Å². The predicted molar refractivity (Wildman–Crippen MR) is 110 cm³/mol. The average Bonchev–Trinajstić information content (AvgIpc) is 3.23. The third kappa shape index (κ3) is 2.41. The van der Waals surface area contributed by atoms with Crippen LogP contribution in [-0.4, -0.2) is 46.8 Å². The molecule has 0 saturated carbocycles. The number of hydrogen-bond donors (Lipinski definition) is 0. The lowest BCUT2D eigenvalue weighted by atomic mass is 9.84. The largest absolute Gasteiger partial charge is 0.434 e. The lowest BCUT2D eigenvalue weighted by molar-refractivity contribution is -0.238. The maximum Gasteiger partial charge on any atom is 0.334 e. The van der Waals surface area contributed by atoms with Crippen molar-refractivity contribution in [1.82, 2.24) is 0 Å². The normalized spacial score (nSPS) is 34.2. The van der Waals surface area contributed by atoms with Crippen molar-refractivity contribution < 1.29 is 32.7 Å². The molecule has 2 aromatic carbocycles. The zero-order chi connectivity index (χ0) is 22.0. The first-order valence-corrected chi connectivity index (χ1v) is 11.2. The van der Waals surface area contributed by atoms with Gasteiger partial charge in [0, 0.05) is 29.7 Å². The van der Waals surface area contributed by atoms with E-state index < -0.39 is 45.6 Å². The van der Waals surface area contributed by atoms with Crippen LogP contribution in [-0.2, 0) is 40.3 Å². The summed E-state index contributed by atoms with van der Waals surface area (Å²) in [6, 6.07) is 13.9. The van der Waals surface area contributed by atoms with Gasteiger partial charge in [-0.1, -0.05) is 42.0 Å². The lowest BCUT2D eigenvalue weighted by Crippen LogP contribution is -2.59. The molecule has 0 radical (unpaired) electrons. The van der Waals surface area contributed by atoms with Crippen molar-refractivity contribution in [1.29, 1.82) is 0 Å². The smallest absolute Gasteiger partial charge is 0.334 e. The van der Waals surface area contributed by atoms with Gasteiger partial charge in [0.25, 0.3) is 0 Å². The molecule has 0 aliphatic carbocycles. The molecule has 2 bridgehead atoms. The van der Waals surface area contributed by atoms with E-state index in [-0.39, 0.29) is 12.4 Å². The second kappa shape index (κ2) is 7.06. The van der Waals surface area contributed by atoms with E-state index in [1.165, 1.54) is 7.11 Å². The fourth-order valence-corrected chi connectivity index (χ4v) is 6.96. The Labute approximate surface area is 182 Å². The Balaban J connectivity index is 1.82. The minimum absolute atomic E-state index is 0.246. The van der Waals surface area contributed by atoms with Crippen molar-refractivity contribution in [2.45, 2.75) is 41.7 Å². The average molecular weight is 442 g/mol. The van der Waals surface area contributed by atoms with E-state index in [4.69, 9.17) is 18.9 Å². The number of aryl methyl sites for hydroxylation is 1. The Morgan fingerprint density at radius 1 is 1.10 bits per heavy atom. The van der Waals surface area contributed by atoms with E-state index in [9.17, 15) is 13.8 Å². The van der Waals surface area contributed by atoms with Crippen LogP contribution in [0, 0.1) is 12.8 Å². The number of rotatable bonds is 5. The van der Waals surface area contributed by atoms with Crippen LogP contribution < -0.4 is 0 Å². The van der Waals surface area contributed by atoms with Crippen LogP contribution in [0.5, 0.6) is 0 Å². The zero-order valence-electron chi connectivity index (χ0n) is 17.3. The number of cyclic esters (lactones) is 1. The van der Waals surface area contributed by atoms with Crippen molar-refractivity contribution in [3.63, 3.8) is 0 Å². The van der Waals surface area contributed by atoms with Gasteiger partial charge in [-0.3, -0.25) is 13.8 Å². The Bertz CT molecular complexity index is 1100. The Morgan fingerprint density at radius 2 is 1.81 bits per heavy atom. The molecule has 0 spiro atoms. The molecular weight excluding hydrogens is 420 g/mol. The summed E-state index contributed by atoms with van der Waals surface area (Å²) in [5, 5.41) is 0. The minimum atomic E-state index is -1.98. The number of ketones is 1. The Morgan fingerprint density at radius 3 is 2.48 bits per heavy atom. The number of benzene rings is 2. The summed E-state index contributed by atoms with van der Waals surface area (Å²) in [7, 11) is -0.586. The van der Waals surface area contributed by atoms with Crippen molar-refractivity contribution in [3.8, 4) is 0 Å². The van der Waals surface area contributed by atoms with Crippen LogP contribution in [0.15, 0.2) is 53.4 Å².